The predicted octanol–water partition coefficient (Wildman–Crippen LogP) is 3.80. The fraction of sp³-hybridized carbons (Fsp3) is 0.227. The van der Waals surface area contributed by atoms with E-state index in [1.54, 1.807) is 12.5 Å². The minimum absolute atomic E-state index is 0.0794. The van der Waals surface area contributed by atoms with Crippen molar-refractivity contribution in [3.05, 3.63) is 65.9 Å². The number of likely N-dealkylation sites (tertiary alicyclic amines) is 1. The molecule has 5 rings (SSSR count). The lowest BCUT2D eigenvalue weighted by atomic mass is 10.1. The fourth-order valence-electron chi connectivity index (χ4n) is 3.95. The summed E-state index contributed by atoms with van der Waals surface area (Å²) in [5, 5.41) is 14.2. The first-order chi connectivity index (χ1) is 14.3. The highest BCUT2D eigenvalue weighted by Gasteiger charge is 2.24. The number of furan rings is 1. The number of benzene rings is 1. The number of hydrogen-bond acceptors (Lipinski definition) is 5. The fourth-order valence-corrected chi connectivity index (χ4v) is 3.95. The van der Waals surface area contributed by atoms with E-state index in [2.05, 4.69) is 16.4 Å². The summed E-state index contributed by atoms with van der Waals surface area (Å²) in [7, 11) is 0. The van der Waals surface area contributed by atoms with E-state index in [1.165, 1.54) is 0 Å². The Morgan fingerprint density at radius 3 is 2.79 bits per heavy atom. The van der Waals surface area contributed by atoms with Crippen LogP contribution in [0.1, 0.15) is 34.7 Å². The van der Waals surface area contributed by atoms with Gasteiger partial charge in [0.2, 0.25) is 0 Å². The molecule has 3 aromatic heterocycles. The van der Waals surface area contributed by atoms with Crippen LogP contribution in [0.5, 0.6) is 0 Å². The minimum atomic E-state index is -0.0794. The minimum Gasteiger partial charge on any atom is -0.467 e. The third kappa shape index (κ3) is 2.90. The first-order valence-corrected chi connectivity index (χ1v) is 9.65. The molecule has 0 spiro atoms. The van der Waals surface area contributed by atoms with Gasteiger partial charge in [-0.05, 0) is 31.0 Å². The molecule has 0 saturated carbocycles. The molecule has 4 heterocycles. The highest BCUT2D eigenvalue weighted by atomic mass is 16.3. The standard InChI is InChI=1S/C22H19N5O2/c23-12-17-20(24-13-15-6-5-11-29-15)16-7-1-2-8-19(16)27-14-18(25-21(17)27)22(28)26-9-3-4-10-26/h1-2,5-8,11,14,24H,3-4,9-10,13H2. The van der Waals surface area contributed by atoms with Crippen LogP contribution in [-0.2, 0) is 6.54 Å². The molecule has 1 saturated heterocycles. The van der Waals surface area contributed by atoms with Gasteiger partial charge in [-0.25, -0.2) is 4.98 Å². The van der Waals surface area contributed by atoms with Gasteiger partial charge < -0.3 is 14.6 Å². The van der Waals surface area contributed by atoms with Crippen LogP contribution < -0.4 is 5.32 Å². The van der Waals surface area contributed by atoms with Gasteiger partial charge in [-0.1, -0.05) is 18.2 Å². The Kier molecular flexibility index (Phi) is 4.17. The molecular weight excluding hydrogens is 366 g/mol. The monoisotopic (exact) mass is 385 g/mol. The molecule has 0 aliphatic carbocycles. The van der Waals surface area contributed by atoms with Gasteiger partial charge in [-0.15, -0.1) is 0 Å². The van der Waals surface area contributed by atoms with Gasteiger partial charge in [0.05, 0.1) is 24.0 Å². The van der Waals surface area contributed by atoms with Gasteiger partial charge in [0, 0.05) is 24.7 Å². The normalized spacial score (nSPS) is 13.8. The number of nitrogens with one attached hydrogen (secondary N) is 1. The van der Waals surface area contributed by atoms with E-state index in [-0.39, 0.29) is 5.91 Å². The van der Waals surface area contributed by atoms with Crippen LogP contribution in [0.25, 0.3) is 16.6 Å². The smallest absolute Gasteiger partial charge is 0.274 e. The number of aromatic nitrogens is 2. The Labute approximate surface area is 167 Å². The molecule has 0 bridgehead atoms. The van der Waals surface area contributed by atoms with E-state index in [4.69, 9.17) is 4.42 Å². The summed E-state index contributed by atoms with van der Waals surface area (Å²) in [4.78, 5) is 19.3. The Morgan fingerprint density at radius 1 is 1.21 bits per heavy atom. The number of carbonyl (C=O) groups excluding carboxylic acids is 1. The van der Waals surface area contributed by atoms with Crippen LogP contribution in [0.4, 0.5) is 5.69 Å². The lowest BCUT2D eigenvalue weighted by molar-refractivity contribution is 0.0787. The number of carbonyl (C=O) groups is 1. The maximum atomic E-state index is 12.9. The molecule has 1 aliphatic rings. The lowest BCUT2D eigenvalue weighted by Gasteiger charge is -2.13. The molecule has 4 aromatic rings. The van der Waals surface area contributed by atoms with Crippen LogP contribution in [0.3, 0.4) is 0 Å². The van der Waals surface area contributed by atoms with Crippen molar-refractivity contribution in [2.24, 2.45) is 0 Å². The zero-order valence-electron chi connectivity index (χ0n) is 15.8. The highest BCUT2D eigenvalue weighted by molar-refractivity contribution is 6.00. The number of amides is 1. The number of imidazole rings is 1. The summed E-state index contributed by atoms with van der Waals surface area (Å²) in [5.74, 6) is 0.690. The summed E-state index contributed by atoms with van der Waals surface area (Å²) >= 11 is 0. The van der Waals surface area contributed by atoms with Crippen LogP contribution >= 0.6 is 0 Å². The topological polar surface area (TPSA) is 86.6 Å². The number of pyridine rings is 1. The van der Waals surface area contributed by atoms with Crippen molar-refractivity contribution in [2.75, 3.05) is 18.4 Å². The zero-order valence-corrected chi connectivity index (χ0v) is 15.8. The largest absolute Gasteiger partial charge is 0.467 e. The number of nitriles is 1. The van der Waals surface area contributed by atoms with Gasteiger partial charge in [0.15, 0.2) is 5.65 Å². The Bertz CT molecular complexity index is 1240. The molecule has 144 valence electrons. The van der Waals surface area contributed by atoms with Crippen molar-refractivity contribution in [1.29, 1.82) is 5.26 Å². The number of fused-ring (bicyclic) bond motifs is 3. The van der Waals surface area contributed by atoms with Gasteiger partial charge in [0.1, 0.15) is 23.1 Å². The Hall–Kier alpha value is -3.79. The molecule has 1 aliphatic heterocycles. The Balaban J connectivity index is 1.67. The van der Waals surface area contributed by atoms with E-state index in [1.807, 2.05) is 45.7 Å². The SMILES string of the molecule is N#Cc1c(NCc2ccco2)c2ccccc2n2cc(C(=O)N3CCCC3)nc12. The number of nitrogens with zero attached hydrogens (tertiary/aromatic N) is 4. The van der Waals surface area contributed by atoms with Gasteiger partial charge in [-0.2, -0.15) is 5.26 Å². The summed E-state index contributed by atoms with van der Waals surface area (Å²) in [5.41, 5.74) is 2.84. The zero-order chi connectivity index (χ0) is 19.8. The van der Waals surface area contributed by atoms with Crippen molar-refractivity contribution in [3.63, 3.8) is 0 Å². The second-order valence-electron chi connectivity index (χ2n) is 7.13. The second kappa shape index (κ2) is 6.99. The molecule has 0 radical (unpaired) electrons. The first-order valence-electron chi connectivity index (χ1n) is 9.65. The highest BCUT2D eigenvalue weighted by Crippen LogP contribution is 2.31. The van der Waals surface area contributed by atoms with Crippen molar-refractivity contribution in [3.8, 4) is 6.07 Å². The number of anilines is 1. The summed E-state index contributed by atoms with van der Waals surface area (Å²) in [6.07, 6.45) is 5.41. The van der Waals surface area contributed by atoms with Gasteiger partial charge >= 0.3 is 0 Å². The van der Waals surface area contributed by atoms with Crippen LogP contribution in [0, 0.1) is 11.3 Å². The maximum absolute atomic E-state index is 12.9. The average molecular weight is 385 g/mol. The first kappa shape index (κ1) is 17.3. The van der Waals surface area contributed by atoms with Crippen molar-refractivity contribution in [2.45, 2.75) is 19.4 Å². The average Bonchev–Trinajstić information content (AvgIpc) is 3.52. The molecule has 0 unspecified atom stereocenters. The molecule has 0 atom stereocenters. The molecule has 7 nitrogen and oxygen atoms in total. The number of para-hydroxylation sites is 1. The van der Waals surface area contributed by atoms with Crippen LogP contribution in [-0.4, -0.2) is 33.3 Å². The molecule has 1 fully saturated rings. The quantitative estimate of drug-likeness (QED) is 0.577. The second-order valence-corrected chi connectivity index (χ2v) is 7.13. The van der Waals surface area contributed by atoms with E-state index in [0.29, 0.717) is 29.1 Å². The molecule has 29 heavy (non-hydrogen) atoms. The van der Waals surface area contributed by atoms with Crippen LogP contribution in [0.2, 0.25) is 0 Å². The third-order valence-electron chi connectivity index (χ3n) is 5.36. The Morgan fingerprint density at radius 2 is 2.03 bits per heavy atom. The van der Waals surface area contributed by atoms with Crippen LogP contribution in [0.15, 0.2) is 53.3 Å². The summed E-state index contributed by atoms with van der Waals surface area (Å²) in [6, 6.07) is 13.8. The lowest BCUT2D eigenvalue weighted by Crippen LogP contribution is -2.27. The van der Waals surface area contributed by atoms with E-state index < -0.39 is 0 Å². The molecule has 7 heteroatoms. The molecular formula is C22H19N5O2. The van der Waals surface area contributed by atoms with Crippen molar-refractivity contribution >= 4 is 28.1 Å². The molecule has 1 N–H and O–H groups in total. The van der Waals surface area contributed by atoms with E-state index >= 15 is 0 Å². The van der Waals surface area contributed by atoms with Gasteiger partial charge in [0.25, 0.3) is 5.91 Å². The van der Waals surface area contributed by atoms with Crippen molar-refractivity contribution < 1.29 is 9.21 Å². The predicted molar refractivity (Wildman–Crippen MR) is 109 cm³/mol. The third-order valence-corrected chi connectivity index (χ3v) is 5.36. The summed E-state index contributed by atoms with van der Waals surface area (Å²) in [6.45, 7) is 1.96. The molecule has 1 amide bonds. The number of rotatable bonds is 4. The number of hydrogen-bond donors (Lipinski definition) is 1. The molecule has 1 aromatic carbocycles. The van der Waals surface area contributed by atoms with Gasteiger partial charge in [-0.3, -0.25) is 9.20 Å². The van der Waals surface area contributed by atoms with E-state index in [9.17, 15) is 10.1 Å². The van der Waals surface area contributed by atoms with Crippen molar-refractivity contribution in [1.82, 2.24) is 14.3 Å². The maximum Gasteiger partial charge on any atom is 0.274 e. The van der Waals surface area contributed by atoms with E-state index in [0.717, 1.165) is 42.6 Å². The summed E-state index contributed by atoms with van der Waals surface area (Å²) < 4.78 is 7.25.